The van der Waals surface area contributed by atoms with Crippen molar-refractivity contribution in [2.75, 3.05) is 11.9 Å². The monoisotopic (exact) mass is 588 g/mol. The van der Waals surface area contributed by atoms with Gasteiger partial charge in [0.25, 0.3) is 5.91 Å². The number of hydrogen-bond donors (Lipinski definition) is 4. The number of aryl methyl sites for hydroxylation is 1. The van der Waals surface area contributed by atoms with Gasteiger partial charge in [0.2, 0.25) is 11.8 Å². The first-order valence-electron chi connectivity index (χ1n) is 13.7. The zero-order chi connectivity index (χ0) is 30.7. The van der Waals surface area contributed by atoms with Crippen LogP contribution in [0.1, 0.15) is 77.0 Å². The number of carbonyl (C=O) groups excluding carboxylic acids is 4. The maximum absolute atomic E-state index is 14.1. The average molecular weight is 589 g/mol. The Balaban J connectivity index is 2.59. The van der Waals surface area contributed by atoms with Crippen molar-refractivity contribution in [3.8, 4) is 5.75 Å². The molecule has 0 aliphatic heterocycles. The summed E-state index contributed by atoms with van der Waals surface area (Å²) in [5.41, 5.74) is 6.00. The van der Waals surface area contributed by atoms with E-state index in [1.807, 2.05) is 6.92 Å². The molecule has 41 heavy (non-hydrogen) atoms. The van der Waals surface area contributed by atoms with Gasteiger partial charge in [0.05, 0.1) is 17.1 Å². The quantitative estimate of drug-likeness (QED) is 0.236. The number of primary amides is 1. The Morgan fingerprint density at radius 2 is 1.76 bits per heavy atom. The van der Waals surface area contributed by atoms with Gasteiger partial charge in [-0.2, -0.15) is 0 Å². The molecule has 0 radical (unpaired) electrons. The Bertz CT molecular complexity index is 1210. The third-order valence-electron chi connectivity index (χ3n) is 6.15. The SMILES string of the molecule is CCCCCCN(C(=O)C(CC(N)=O)NC(=O)OC(C)(C)C)C(C(=O)Nc1c(C)cccc1Cl)c1cccc(O)c1. The second-order valence-electron chi connectivity index (χ2n) is 10.9. The van der Waals surface area contributed by atoms with Crippen molar-refractivity contribution in [2.24, 2.45) is 5.73 Å². The second kappa shape index (κ2) is 15.3. The number of unbranched alkanes of at least 4 members (excludes halogenated alkanes) is 3. The number of aromatic hydroxyl groups is 1. The molecule has 0 spiro atoms. The van der Waals surface area contributed by atoms with Crippen LogP contribution in [0.2, 0.25) is 5.02 Å². The summed E-state index contributed by atoms with van der Waals surface area (Å²) in [7, 11) is 0. The number of nitrogens with one attached hydrogen (secondary N) is 2. The standard InChI is InChI=1S/C30H41ClN4O6/c1-6-7-8-9-16-35(28(39)23(18-24(32)37)33-29(40)41-30(3,4)5)26(20-13-11-14-21(36)17-20)27(38)34-25-19(2)12-10-15-22(25)31/h10-15,17,23,26,36H,6-9,16,18H2,1-5H3,(H2,32,37)(H,33,40)(H,34,38). The van der Waals surface area contributed by atoms with Crippen molar-refractivity contribution >= 4 is 41.1 Å². The largest absolute Gasteiger partial charge is 0.508 e. The van der Waals surface area contributed by atoms with Gasteiger partial charge in [-0.3, -0.25) is 14.4 Å². The van der Waals surface area contributed by atoms with Crippen molar-refractivity contribution in [3.63, 3.8) is 0 Å². The summed E-state index contributed by atoms with van der Waals surface area (Å²) in [5.74, 6) is -2.22. The molecular formula is C30H41ClN4O6. The molecule has 2 atom stereocenters. The fourth-order valence-corrected chi connectivity index (χ4v) is 4.55. The topological polar surface area (TPSA) is 151 Å². The number of hydrogen-bond acceptors (Lipinski definition) is 6. The van der Waals surface area contributed by atoms with E-state index in [4.69, 9.17) is 22.1 Å². The normalized spacial score (nSPS) is 12.6. The molecular weight excluding hydrogens is 548 g/mol. The van der Waals surface area contributed by atoms with Crippen molar-refractivity contribution < 1.29 is 29.0 Å². The first kappa shape index (κ1) is 33.4. The van der Waals surface area contributed by atoms with Crippen LogP contribution in [-0.2, 0) is 19.1 Å². The van der Waals surface area contributed by atoms with Gasteiger partial charge in [-0.1, -0.05) is 62.1 Å². The predicted octanol–water partition coefficient (Wildman–Crippen LogP) is 5.21. The molecule has 0 aliphatic carbocycles. The molecule has 2 aromatic rings. The molecule has 0 bridgehead atoms. The number of amides is 4. The van der Waals surface area contributed by atoms with Crippen LogP contribution >= 0.6 is 11.6 Å². The fraction of sp³-hybridized carbons (Fsp3) is 0.467. The summed E-state index contributed by atoms with van der Waals surface area (Å²) in [5, 5.41) is 15.9. The number of para-hydroxylation sites is 1. The van der Waals surface area contributed by atoms with Gasteiger partial charge in [0.15, 0.2) is 0 Å². The van der Waals surface area contributed by atoms with Gasteiger partial charge in [-0.05, 0) is 63.4 Å². The summed E-state index contributed by atoms with van der Waals surface area (Å²) < 4.78 is 5.31. The molecule has 0 aromatic heterocycles. The van der Waals surface area contributed by atoms with Gasteiger partial charge < -0.3 is 31.1 Å². The number of ether oxygens (including phenoxy) is 1. The van der Waals surface area contributed by atoms with Crippen molar-refractivity contribution in [1.82, 2.24) is 10.2 Å². The lowest BCUT2D eigenvalue weighted by Gasteiger charge is -2.34. The summed E-state index contributed by atoms with van der Waals surface area (Å²) in [6.07, 6.45) is 1.75. The number of phenols is 1. The van der Waals surface area contributed by atoms with Gasteiger partial charge in [-0.25, -0.2) is 4.79 Å². The third kappa shape index (κ3) is 10.6. The molecule has 2 rings (SSSR count). The lowest BCUT2D eigenvalue weighted by atomic mass is 10.0. The minimum atomic E-state index is -1.40. The summed E-state index contributed by atoms with van der Waals surface area (Å²) >= 11 is 6.38. The Hall–Kier alpha value is -3.79. The first-order valence-corrected chi connectivity index (χ1v) is 14.0. The summed E-state index contributed by atoms with van der Waals surface area (Å²) in [6, 6.07) is 8.53. The minimum Gasteiger partial charge on any atom is -0.508 e. The minimum absolute atomic E-state index is 0.104. The van der Waals surface area contributed by atoms with E-state index in [9.17, 15) is 24.3 Å². The summed E-state index contributed by atoms with van der Waals surface area (Å²) in [6.45, 7) is 8.94. The van der Waals surface area contributed by atoms with Crippen LogP contribution in [0.15, 0.2) is 42.5 Å². The van der Waals surface area contributed by atoms with E-state index in [2.05, 4.69) is 10.6 Å². The van der Waals surface area contributed by atoms with Crippen LogP contribution in [-0.4, -0.2) is 52.0 Å². The predicted molar refractivity (Wildman–Crippen MR) is 158 cm³/mol. The van der Waals surface area contributed by atoms with E-state index >= 15 is 0 Å². The zero-order valence-corrected chi connectivity index (χ0v) is 25.1. The molecule has 0 fully saturated rings. The number of alkyl carbamates (subject to hydrolysis) is 1. The fourth-order valence-electron chi connectivity index (χ4n) is 4.28. The van der Waals surface area contributed by atoms with Gasteiger partial charge in [0.1, 0.15) is 23.4 Å². The van der Waals surface area contributed by atoms with Crippen molar-refractivity contribution in [1.29, 1.82) is 0 Å². The number of phenolic OH excluding ortho intramolecular Hbond substituents is 1. The molecule has 0 aliphatic rings. The zero-order valence-electron chi connectivity index (χ0n) is 24.3. The number of rotatable bonds is 13. The molecule has 0 heterocycles. The molecule has 224 valence electrons. The van der Waals surface area contributed by atoms with E-state index in [1.165, 1.54) is 17.0 Å². The Labute approximate surface area is 246 Å². The van der Waals surface area contributed by atoms with Crippen LogP contribution in [0.3, 0.4) is 0 Å². The molecule has 2 aromatic carbocycles. The molecule has 4 amide bonds. The van der Waals surface area contributed by atoms with Crippen LogP contribution < -0.4 is 16.4 Å². The number of nitrogens with two attached hydrogens (primary N) is 1. The third-order valence-corrected chi connectivity index (χ3v) is 6.46. The van der Waals surface area contributed by atoms with Crippen LogP contribution in [0.25, 0.3) is 0 Å². The molecule has 0 saturated carbocycles. The van der Waals surface area contributed by atoms with E-state index in [1.54, 1.807) is 58.0 Å². The lowest BCUT2D eigenvalue weighted by Crippen LogP contribution is -2.53. The average Bonchev–Trinajstić information content (AvgIpc) is 2.86. The van der Waals surface area contributed by atoms with Gasteiger partial charge in [0, 0.05) is 6.54 Å². The number of halogens is 1. The summed E-state index contributed by atoms with van der Waals surface area (Å²) in [4.78, 5) is 54.0. The number of benzene rings is 2. The number of anilines is 1. The highest BCUT2D eigenvalue weighted by Crippen LogP contribution is 2.31. The highest BCUT2D eigenvalue weighted by Gasteiger charge is 2.37. The van der Waals surface area contributed by atoms with Crippen LogP contribution in [0.5, 0.6) is 5.75 Å². The maximum atomic E-state index is 14.1. The van der Waals surface area contributed by atoms with Crippen molar-refractivity contribution in [3.05, 3.63) is 58.6 Å². The Morgan fingerprint density at radius 3 is 2.34 bits per heavy atom. The van der Waals surface area contributed by atoms with Crippen molar-refractivity contribution in [2.45, 2.75) is 84.4 Å². The number of nitrogens with zero attached hydrogens (tertiary/aromatic N) is 1. The second-order valence-corrected chi connectivity index (χ2v) is 11.3. The van der Waals surface area contributed by atoms with E-state index < -0.39 is 47.9 Å². The van der Waals surface area contributed by atoms with E-state index in [0.29, 0.717) is 28.3 Å². The highest BCUT2D eigenvalue weighted by molar-refractivity contribution is 6.34. The molecule has 2 unspecified atom stereocenters. The molecule has 0 saturated heterocycles. The highest BCUT2D eigenvalue weighted by atomic mass is 35.5. The Morgan fingerprint density at radius 1 is 1.07 bits per heavy atom. The number of carbonyl (C=O) groups is 4. The van der Waals surface area contributed by atoms with Gasteiger partial charge in [-0.15, -0.1) is 0 Å². The van der Waals surface area contributed by atoms with Crippen LogP contribution in [0, 0.1) is 6.92 Å². The first-order chi connectivity index (χ1) is 19.2. The Kier molecular flexibility index (Phi) is 12.5. The molecule has 11 heteroatoms. The van der Waals surface area contributed by atoms with Crippen LogP contribution in [0.4, 0.5) is 10.5 Å². The van der Waals surface area contributed by atoms with E-state index in [-0.39, 0.29) is 12.3 Å². The van der Waals surface area contributed by atoms with Gasteiger partial charge >= 0.3 is 6.09 Å². The smallest absolute Gasteiger partial charge is 0.408 e. The molecule has 10 nitrogen and oxygen atoms in total. The maximum Gasteiger partial charge on any atom is 0.408 e. The lowest BCUT2D eigenvalue weighted by molar-refractivity contribution is -0.142. The molecule has 5 N–H and O–H groups in total. The van der Waals surface area contributed by atoms with E-state index in [0.717, 1.165) is 19.3 Å².